The van der Waals surface area contributed by atoms with Crippen molar-refractivity contribution in [2.45, 2.75) is 13.8 Å². The zero-order valence-electron chi connectivity index (χ0n) is 8.04. The van der Waals surface area contributed by atoms with Crippen molar-refractivity contribution in [3.63, 3.8) is 0 Å². The first kappa shape index (κ1) is 11.4. The minimum atomic E-state index is -0.352. The highest BCUT2D eigenvalue weighted by atomic mass is 16.5. The van der Waals surface area contributed by atoms with Crippen LogP contribution >= 0.6 is 0 Å². The van der Waals surface area contributed by atoms with Crippen LogP contribution in [-0.2, 0) is 9.53 Å². The number of carbonyl (C=O) groups is 1. The fraction of sp³-hybridized carbons (Fsp3) is 0.182. The molecule has 2 heteroatoms. The second kappa shape index (κ2) is 6.00. The molecule has 2 nitrogen and oxygen atoms in total. The Labute approximate surface area is 78.9 Å². The van der Waals surface area contributed by atoms with Crippen LogP contribution in [0.2, 0.25) is 0 Å². The van der Waals surface area contributed by atoms with Crippen molar-refractivity contribution < 1.29 is 9.53 Å². The van der Waals surface area contributed by atoms with E-state index in [2.05, 4.69) is 13.2 Å². The van der Waals surface area contributed by atoms with Gasteiger partial charge in [0.15, 0.2) is 0 Å². The van der Waals surface area contributed by atoms with Crippen molar-refractivity contribution in [2.75, 3.05) is 0 Å². The first-order valence-electron chi connectivity index (χ1n) is 3.96. The van der Waals surface area contributed by atoms with Gasteiger partial charge in [-0.3, -0.25) is 4.79 Å². The Morgan fingerprint density at radius 1 is 1.38 bits per heavy atom. The Bertz CT molecular complexity index is 270. The van der Waals surface area contributed by atoms with Crippen molar-refractivity contribution in [1.29, 1.82) is 0 Å². The summed E-state index contributed by atoms with van der Waals surface area (Å²) in [6.07, 6.45) is 6.62. The Balaban J connectivity index is 4.80. The number of rotatable bonds is 4. The average molecular weight is 178 g/mol. The van der Waals surface area contributed by atoms with Crippen LogP contribution in [0.25, 0.3) is 0 Å². The van der Waals surface area contributed by atoms with Crippen LogP contribution in [0.1, 0.15) is 13.8 Å². The molecule has 70 valence electrons. The lowest BCUT2D eigenvalue weighted by molar-refractivity contribution is -0.136. The SMILES string of the molecule is C=C/C=C(OC(C)=O)\C(C=C)=C/C. The summed E-state index contributed by atoms with van der Waals surface area (Å²) in [6.45, 7) is 10.3. The van der Waals surface area contributed by atoms with E-state index in [9.17, 15) is 4.79 Å². The molecule has 13 heavy (non-hydrogen) atoms. The minimum absolute atomic E-state index is 0.352. The maximum Gasteiger partial charge on any atom is 0.308 e. The lowest BCUT2D eigenvalue weighted by Crippen LogP contribution is -2.00. The van der Waals surface area contributed by atoms with E-state index in [1.54, 1.807) is 18.2 Å². The first-order chi connectivity index (χ1) is 6.15. The van der Waals surface area contributed by atoms with E-state index < -0.39 is 0 Å². The average Bonchev–Trinajstić information content (AvgIpc) is 2.05. The number of carbonyl (C=O) groups excluding carboxylic acids is 1. The fourth-order valence-corrected chi connectivity index (χ4v) is 0.812. The molecule has 0 aliphatic carbocycles. The molecule has 0 aliphatic rings. The molecular weight excluding hydrogens is 164 g/mol. The van der Waals surface area contributed by atoms with Crippen molar-refractivity contribution in [2.24, 2.45) is 0 Å². The predicted octanol–water partition coefficient (Wildman–Crippen LogP) is 2.75. The second-order valence-corrected chi connectivity index (χ2v) is 2.31. The summed E-state index contributed by atoms with van der Waals surface area (Å²) in [4.78, 5) is 10.7. The molecule has 0 aromatic heterocycles. The van der Waals surface area contributed by atoms with E-state index in [4.69, 9.17) is 4.74 Å². The molecule has 0 N–H and O–H groups in total. The summed E-state index contributed by atoms with van der Waals surface area (Å²) >= 11 is 0. The van der Waals surface area contributed by atoms with Gasteiger partial charge in [0, 0.05) is 12.5 Å². The van der Waals surface area contributed by atoms with Gasteiger partial charge in [-0.1, -0.05) is 31.4 Å². The van der Waals surface area contributed by atoms with E-state index in [0.29, 0.717) is 5.76 Å². The van der Waals surface area contributed by atoms with Crippen molar-refractivity contribution >= 4 is 5.97 Å². The summed E-state index contributed by atoms with van der Waals surface area (Å²) in [5.41, 5.74) is 0.773. The van der Waals surface area contributed by atoms with Crippen LogP contribution in [0.4, 0.5) is 0 Å². The highest BCUT2D eigenvalue weighted by Gasteiger charge is 2.03. The van der Waals surface area contributed by atoms with Crippen LogP contribution in [0.3, 0.4) is 0 Å². The third-order valence-corrected chi connectivity index (χ3v) is 1.34. The lowest BCUT2D eigenvalue weighted by Gasteiger charge is -2.06. The first-order valence-corrected chi connectivity index (χ1v) is 3.96. The van der Waals surface area contributed by atoms with Gasteiger partial charge in [-0.2, -0.15) is 0 Å². The molecular formula is C11H14O2. The number of ether oxygens (including phenoxy) is 1. The minimum Gasteiger partial charge on any atom is -0.426 e. The molecule has 0 aromatic carbocycles. The van der Waals surface area contributed by atoms with Gasteiger partial charge in [0.25, 0.3) is 0 Å². The zero-order valence-corrected chi connectivity index (χ0v) is 8.04. The molecule has 0 rings (SSSR count). The highest BCUT2D eigenvalue weighted by Crippen LogP contribution is 2.12. The standard InChI is InChI=1S/C11H14O2/c1-5-8-11(13-9(4)12)10(6-2)7-3/h5-8H,1-2H2,3-4H3/b10-7-,11-8+. The van der Waals surface area contributed by atoms with Crippen LogP contribution in [0, 0.1) is 0 Å². The number of esters is 1. The van der Waals surface area contributed by atoms with Gasteiger partial charge < -0.3 is 4.74 Å². The summed E-state index contributed by atoms with van der Waals surface area (Å²) in [5.74, 6) is 0.120. The van der Waals surface area contributed by atoms with Gasteiger partial charge in [-0.25, -0.2) is 0 Å². The van der Waals surface area contributed by atoms with E-state index in [1.165, 1.54) is 6.92 Å². The molecule has 0 fully saturated rings. The normalized spacial score (nSPS) is 12.2. The molecule has 0 aliphatic heterocycles. The number of hydrogen-bond acceptors (Lipinski definition) is 2. The largest absolute Gasteiger partial charge is 0.426 e. The van der Waals surface area contributed by atoms with Crippen molar-refractivity contribution in [3.05, 3.63) is 48.8 Å². The highest BCUT2D eigenvalue weighted by molar-refractivity contribution is 5.68. The van der Waals surface area contributed by atoms with Crippen molar-refractivity contribution in [1.82, 2.24) is 0 Å². The topological polar surface area (TPSA) is 26.3 Å². The number of hydrogen-bond donors (Lipinski definition) is 0. The molecule has 0 unspecified atom stereocenters. The summed E-state index contributed by atoms with van der Waals surface area (Å²) < 4.78 is 4.95. The fourth-order valence-electron chi connectivity index (χ4n) is 0.812. The lowest BCUT2D eigenvalue weighted by atomic mass is 10.2. The summed E-state index contributed by atoms with van der Waals surface area (Å²) in [5, 5.41) is 0. The van der Waals surface area contributed by atoms with Gasteiger partial charge in [0.05, 0.1) is 0 Å². The molecule has 0 saturated carbocycles. The Morgan fingerprint density at radius 2 is 2.00 bits per heavy atom. The predicted molar refractivity (Wildman–Crippen MR) is 54.0 cm³/mol. The van der Waals surface area contributed by atoms with E-state index in [1.807, 2.05) is 13.0 Å². The van der Waals surface area contributed by atoms with Crippen LogP contribution < -0.4 is 0 Å². The molecule has 0 heterocycles. The molecule has 0 amide bonds. The Hall–Kier alpha value is -1.57. The molecule has 0 radical (unpaired) electrons. The molecule has 0 aromatic rings. The third-order valence-electron chi connectivity index (χ3n) is 1.34. The van der Waals surface area contributed by atoms with Gasteiger partial charge in [0.2, 0.25) is 0 Å². The van der Waals surface area contributed by atoms with Crippen LogP contribution in [0.15, 0.2) is 48.8 Å². The van der Waals surface area contributed by atoms with Gasteiger partial charge in [-0.05, 0) is 13.0 Å². The maximum absolute atomic E-state index is 10.7. The molecule has 0 atom stereocenters. The third kappa shape index (κ3) is 4.11. The van der Waals surface area contributed by atoms with Crippen LogP contribution in [0.5, 0.6) is 0 Å². The summed E-state index contributed by atoms with van der Waals surface area (Å²) in [7, 11) is 0. The zero-order chi connectivity index (χ0) is 10.3. The van der Waals surface area contributed by atoms with Gasteiger partial charge in [0.1, 0.15) is 5.76 Å². The molecule has 0 bridgehead atoms. The van der Waals surface area contributed by atoms with E-state index in [0.717, 1.165) is 5.57 Å². The monoisotopic (exact) mass is 178 g/mol. The quantitative estimate of drug-likeness (QED) is 0.376. The van der Waals surface area contributed by atoms with Crippen LogP contribution in [-0.4, -0.2) is 5.97 Å². The van der Waals surface area contributed by atoms with Gasteiger partial charge in [-0.15, -0.1) is 0 Å². The van der Waals surface area contributed by atoms with E-state index >= 15 is 0 Å². The van der Waals surface area contributed by atoms with Crippen molar-refractivity contribution in [3.8, 4) is 0 Å². The second-order valence-electron chi connectivity index (χ2n) is 2.31. The smallest absolute Gasteiger partial charge is 0.308 e. The van der Waals surface area contributed by atoms with Gasteiger partial charge >= 0.3 is 5.97 Å². The molecule has 0 spiro atoms. The molecule has 0 saturated heterocycles. The Morgan fingerprint density at radius 3 is 2.31 bits per heavy atom. The maximum atomic E-state index is 10.7. The summed E-state index contributed by atoms with van der Waals surface area (Å²) in [6, 6.07) is 0. The Kier molecular flexibility index (Phi) is 5.28. The number of allylic oxidation sites excluding steroid dienone is 4. The van der Waals surface area contributed by atoms with E-state index in [-0.39, 0.29) is 5.97 Å².